The smallest absolute Gasteiger partial charge is 0.181 e. The summed E-state index contributed by atoms with van der Waals surface area (Å²) < 4.78 is 5.75. The average molecular weight is 560 g/mol. The lowest BCUT2D eigenvalue weighted by atomic mass is 9.87. The maximum absolute atomic E-state index is 5.75. The fraction of sp³-hybridized carbons (Fsp3) is 0.324. The third-order valence-corrected chi connectivity index (χ3v) is 10.1. The summed E-state index contributed by atoms with van der Waals surface area (Å²) in [6.45, 7) is 1.84. The van der Waals surface area contributed by atoms with Crippen LogP contribution < -0.4 is 0 Å². The van der Waals surface area contributed by atoms with Gasteiger partial charge in [-0.1, -0.05) is 42.5 Å². The summed E-state index contributed by atoms with van der Waals surface area (Å²) in [5.74, 6) is 0. The molecule has 2 aromatic carbocycles. The summed E-state index contributed by atoms with van der Waals surface area (Å²) >= 11 is 1.72. The van der Waals surface area contributed by atoms with Crippen molar-refractivity contribution in [3.8, 4) is 33.6 Å². The molecule has 8 rings (SSSR count). The minimum Gasteiger partial charge on any atom is -0.378 e. The van der Waals surface area contributed by atoms with Crippen molar-refractivity contribution in [3.05, 3.63) is 84.2 Å². The molecule has 7 heteroatoms. The molecule has 5 aromatic rings. The number of aromatic amines is 1. The Morgan fingerprint density at radius 3 is 2.41 bits per heavy atom. The summed E-state index contributed by atoms with van der Waals surface area (Å²) in [6, 6.07) is 23.9. The number of pyridine rings is 2. The average Bonchev–Trinajstić information content (AvgIpc) is 3.35. The van der Waals surface area contributed by atoms with Crippen LogP contribution in [0.5, 0.6) is 0 Å². The van der Waals surface area contributed by atoms with Crippen LogP contribution in [0.4, 0.5) is 0 Å². The van der Waals surface area contributed by atoms with Crippen molar-refractivity contribution in [1.29, 1.82) is 0 Å². The van der Waals surface area contributed by atoms with Crippen molar-refractivity contribution in [3.63, 3.8) is 0 Å². The Kier molecular flexibility index (Phi) is 6.39. The van der Waals surface area contributed by atoms with Gasteiger partial charge in [0.2, 0.25) is 0 Å². The minimum absolute atomic E-state index is 0.650. The number of aryl methyl sites for hydroxylation is 2. The Hall–Kier alpha value is -3.52. The number of H-pyrrole nitrogens is 1. The first kappa shape index (κ1) is 25.2. The monoisotopic (exact) mass is 559 g/mol. The summed E-state index contributed by atoms with van der Waals surface area (Å²) in [7, 11) is 0. The number of hydrogen-bond acceptors (Lipinski definition) is 6. The Balaban J connectivity index is 1.06. The van der Waals surface area contributed by atoms with E-state index in [4.69, 9.17) is 9.72 Å². The predicted octanol–water partition coefficient (Wildman–Crippen LogP) is 6.80. The molecule has 0 spiro atoms. The molecule has 206 valence electrons. The number of rotatable bonds is 5. The predicted molar refractivity (Wildman–Crippen MR) is 165 cm³/mol. The van der Waals surface area contributed by atoms with E-state index in [0.717, 1.165) is 65.2 Å². The number of morpholine rings is 1. The highest BCUT2D eigenvalue weighted by Crippen LogP contribution is 2.38. The van der Waals surface area contributed by atoms with Crippen LogP contribution in [0.3, 0.4) is 0 Å². The summed E-state index contributed by atoms with van der Waals surface area (Å²) in [5.41, 5.74) is 10.3. The van der Waals surface area contributed by atoms with Gasteiger partial charge in [0.1, 0.15) is 0 Å². The Morgan fingerprint density at radius 1 is 0.829 bits per heavy atom. The lowest BCUT2D eigenvalue weighted by Gasteiger charge is -2.56. The van der Waals surface area contributed by atoms with E-state index in [1.54, 1.807) is 11.8 Å². The first-order chi connectivity index (χ1) is 20.2. The van der Waals surface area contributed by atoms with E-state index in [0.29, 0.717) is 18.1 Å². The second-order valence-corrected chi connectivity index (χ2v) is 12.4. The van der Waals surface area contributed by atoms with Crippen molar-refractivity contribution >= 4 is 22.8 Å². The zero-order valence-electron chi connectivity index (χ0n) is 23.2. The molecule has 3 unspecified atom stereocenters. The lowest BCUT2D eigenvalue weighted by Crippen LogP contribution is -2.66. The standard InChI is InChI=1S/C34H33N5OS/c1-41-31-3-2-14-35-33(31)23-7-5-22(6-8-23)32-30-16-26(18-36-34(30)38-37-32)25-9-4-21-10-12-27(13-11-24(21)15-25)39-28-17-29(39)20-40-19-28/h2-9,14-16,18,27-29H,10-13,17,19-20H2,1H3,(H,36,37,38). The number of nitrogens with zero attached hydrogens (tertiary/aromatic N) is 4. The van der Waals surface area contributed by atoms with Gasteiger partial charge in [-0.25, -0.2) is 4.98 Å². The summed E-state index contributed by atoms with van der Waals surface area (Å²) in [6.07, 6.45) is 12.0. The van der Waals surface area contributed by atoms with E-state index in [-0.39, 0.29) is 0 Å². The van der Waals surface area contributed by atoms with Gasteiger partial charge in [0.25, 0.3) is 0 Å². The molecule has 3 atom stereocenters. The highest BCUT2D eigenvalue weighted by atomic mass is 32.2. The van der Waals surface area contributed by atoms with Gasteiger partial charge < -0.3 is 4.74 Å². The zero-order chi connectivity index (χ0) is 27.3. The highest BCUT2D eigenvalue weighted by Gasteiger charge is 2.45. The largest absolute Gasteiger partial charge is 0.378 e. The molecule has 2 fully saturated rings. The lowest BCUT2D eigenvalue weighted by molar-refractivity contribution is -0.148. The molecule has 0 radical (unpaired) electrons. The van der Waals surface area contributed by atoms with E-state index < -0.39 is 0 Å². The minimum atomic E-state index is 0.650. The first-order valence-electron chi connectivity index (χ1n) is 14.7. The number of hydrogen-bond donors (Lipinski definition) is 1. The van der Waals surface area contributed by atoms with Crippen LogP contribution in [0.25, 0.3) is 44.7 Å². The third kappa shape index (κ3) is 4.47. The topological polar surface area (TPSA) is 66.9 Å². The first-order valence-corrected chi connectivity index (χ1v) is 15.9. The Labute approximate surface area is 244 Å². The van der Waals surface area contributed by atoms with E-state index in [2.05, 4.69) is 80.9 Å². The van der Waals surface area contributed by atoms with Gasteiger partial charge in [-0.05, 0) is 73.2 Å². The molecule has 1 aliphatic carbocycles. The van der Waals surface area contributed by atoms with Gasteiger partial charge >= 0.3 is 0 Å². The van der Waals surface area contributed by atoms with Crippen LogP contribution in [0.1, 0.15) is 30.4 Å². The fourth-order valence-electron chi connectivity index (χ4n) is 7.18. The summed E-state index contributed by atoms with van der Waals surface area (Å²) in [5, 5.41) is 8.80. The maximum Gasteiger partial charge on any atom is 0.181 e. The van der Waals surface area contributed by atoms with Crippen LogP contribution in [0, 0.1) is 0 Å². The van der Waals surface area contributed by atoms with Crippen molar-refractivity contribution in [2.75, 3.05) is 19.5 Å². The molecule has 2 bridgehead atoms. The van der Waals surface area contributed by atoms with Crippen LogP contribution in [-0.4, -0.2) is 62.7 Å². The van der Waals surface area contributed by atoms with Gasteiger partial charge in [0.05, 0.1) is 24.6 Å². The molecule has 6 nitrogen and oxygen atoms in total. The molecule has 2 saturated heterocycles. The Bertz CT molecular complexity index is 1720. The SMILES string of the molecule is CSc1cccnc1-c1ccc(-c2[nH]nc3ncc(-c4ccc5c(c4)CCC(N4C6COCC4C6)CC5)cc23)cc1. The molecule has 0 amide bonds. The van der Waals surface area contributed by atoms with Gasteiger partial charge in [0.15, 0.2) is 5.65 Å². The van der Waals surface area contributed by atoms with E-state index in [9.17, 15) is 0 Å². The van der Waals surface area contributed by atoms with Gasteiger partial charge in [-0.2, -0.15) is 5.10 Å². The van der Waals surface area contributed by atoms with Crippen LogP contribution in [0.15, 0.2) is 78.0 Å². The van der Waals surface area contributed by atoms with E-state index in [1.165, 1.54) is 40.8 Å². The van der Waals surface area contributed by atoms with E-state index >= 15 is 0 Å². The number of aromatic nitrogens is 4. The Morgan fingerprint density at radius 2 is 1.61 bits per heavy atom. The number of nitrogens with one attached hydrogen (secondary N) is 1. The molecule has 3 aliphatic rings. The van der Waals surface area contributed by atoms with Gasteiger partial charge in [-0.15, -0.1) is 11.8 Å². The highest BCUT2D eigenvalue weighted by molar-refractivity contribution is 7.98. The second kappa shape index (κ2) is 10.4. The van der Waals surface area contributed by atoms with Gasteiger partial charge in [-0.3, -0.25) is 15.0 Å². The number of fused-ring (bicyclic) bond motifs is 4. The van der Waals surface area contributed by atoms with Crippen molar-refractivity contribution in [2.45, 2.75) is 55.1 Å². The number of benzene rings is 2. The van der Waals surface area contributed by atoms with Crippen molar-refractivity contribution < 1.29 is 4.74 Å². The second-order valence-electron chi connectivity index (χ2n) is 11.6. The maximum atomic E-state index is 5.75. The number of ether oxygens (including phenoxy) is 1. The molecule has 5 heterocycles. The molecular weight excluding hydrogens is 526 g/mol. The number of thioether (sulfide) groups is 1. The third-order valence-electron chi connectivity index (χ3n) is 9.31. The van der Waals surface area contributed by atoms with Crippen LogP contribution in [-0.2, 0) is 17.6 Å². The van der Waals surface area contributed by atoms with E-state index in [1.807, 2.05) is 18.5 Å². The fourth-order valence-corrected chi connectivity index (χ4v) is 7.75. The molecule has 3 aromatic heterocycles. The quantitative estimate of drug-likeness (QED) is 0.189. The molecule has 0 saturated carbocycles. The molecule has 2 aliphatic heterocycles. The van der Waals surface area contributed by atoms with Crippen molar-refractivity contribution in [2.24, 2.45) is 0 Å². The van der Waals surface area contributed by atoms with Crippen LogP contribution >= 0.6 is 11.8 Å². The van der Waals surface area contributed by atoms with Crippen molar-refractivity contribution in [1.82, 2.24) is 25.1 Å². The molecule has 1 N–H and O–H groups in total. The summed E-state index contributed by atoms with van der Waals surface area (Å²) in [4.78, 5) is 13.3. The zero-order valence-corrected chi connectivity index (χ0v) is 24.0. The van der Waals surface area contributed by atoms with Gasteiger partial charge in [0, 0.05) is 57.5 Å². The normalized spacial score (nSPS) is 22.2. The molecule has 41 heavy (non-hydrogen) atoms. The van der Waals surface area contributed by atoms with Crippen LogP contribution in [0.2, 0.25) is 0 Å². The molecular formula is C34H33N5OS.